The molecule has 0 spiro atoms. The third kappa shape index (κ3) is 5.38. The number of benzene rings is 2. The minimum Gasteiger partial charge on any atom is -0.491 e. The van der Waals surface area contributed by atoms with Gasteiger partial charge >= 0.3 is 0 Å². The monoisotopic (exact) mass is 562 g/mol. The van der Waals surface area contributed by atoms with Crippen molar-refractivity contribution in [2.75, 3.05) is 32.8 Å². The van der Waals surface area contributed by atoms with E-state index < -0.39 is 0 Å². The molecule has 1 aliphatic heterocycles. The van der Waals surface area contributed by atoms with Crippen LogP contribution in [0, 0.1) is 0 Å². The summed E-state index contributed by atoms with van der Waals surface area (Å²) in [6.45, 7) is 13.9. The van der Waals surface area contributed by atoms with Gasteiger partial charge in [0.1, 0.15) is 11.6 Å². The quantitative estimate of drug-likeness (QED) is 0.355. The number of imidazole rings is 1. The lowest BCUT2D eigenvalue weighted by Gasteiger charge is -2.33. The first-order valence-corrected chi connectivity index (χ1v) is 12.9. The standard InChI is InChI=1S/C25H32Br2N4O/c1-16-15-28-8-10-31(16)9-5-11-32-23-19(26)12-17(13-20(23)27)24-29-21-7-6-18(25(2,3)4)14-22(21)30-24/h6-7,12-14,16,28H,5,8-11,15H2,1-4H3,(H,29,30). The van der Waals surface area contributed by atoms with Gasteiger partial charge in [0.15, 0.2) is 0 Å². The number of hydrogen-bond acceptors (Lipinski definition) is 4. The molecular formula is C25H32Br2N4O. The highest BCUT2D eigenvalue weighted by atomic mass is 79.9. The molecule has 4 rings (SSSR count). The Labute approximate surface area is 207 Å². The SMILES string of the molecule is CC1CNCCN1CCCOc1c(Br)cc(-c2nc3cc(C(C)(C)C)ccc3[nH]2)cc1Br. The van der Waals surface area contributed by atoms with Crippen LogP contribution >= 0.6 is 31.9 Å². The molecule has 1 unspecified atom stereocenters. The topological polar surface area (TPSA) is 53.2 Å². The molecule has 1 fully saturated rings. The average Bonchev–Trinajstić information content (AvgIpc) is 3.16. The van der Waals surface area contributed by atoms with Crippen molar-refractivity contribution in [3.05, 3.63) is 44.8 Å². The molecule has 1 aromatic heterocycles. The molecule has 0 radical (unpaired) electrons. The predicted molar refractivity (Wildman–Crippen MR) is 140 cm³/mol. The number of H-pyrrole nitrogens is 1. The fraction of sp³-hybridized carbons (Fsp3) is 0.480. The zero-order chi connectivity index (χ0) is 22.9. The Morgan fingerprint density at radius 3 is 2.59 bits per heavy atom. The second-order valence-corrected chi connectivity index (χ2v) is 11.3. The Hall–Kier alpha value is -1.41. The van der Waals surface area contributed by atoms with Crippen molar-refractivity contribution < 1.29 is 4.74 Å². The van der Waals surface area contributed by atoms with E-state index in [1.807, 2.05) is 0 Å². The summed E-state index contributed by atoms with van der Waals surface area (Å²) in [4.78, 5) is 10.8. The second-order valence-electron chi connectivity index (χ2n) is 9.63. The number of aromatic amines is 1. The zero-order valence-electron chi connectivity index (χ0n) is 19.3. The van der Waals surface area contributed by atoms with Crippen molar-refractivity contribution in [1.82, 2.24) is 20.2 Å². The molecule has 172 valence electrons. The Balaban J connectivity index is 1.45. The van der Waals surface area contributed by atoms with E-state index in [9.17, 15) is 0 Å². The molecule has 2 aromatic carbocycles. The van der Waals surface area contributed by atoms with E-state index in [0.717, 1.165) is 69.7 Å². The number of nitrogens with one attached hydrogen (secondary N) is 2. The molecule has 3 aromatic rings. The number of hydrogen-bond donors (Lipinski definition) is 2. The van der Waals surface area contributed by atoms with Crippen LogP contribution < -0.4 is 10.1 Å². The third-order valence-electron chi connectivity index (χ3n) is 6.10. The molecule has 0 saturated carbocycles. The largest absolute Gasteiger partial charge is 0.491 e. The van der Waals surface area contributed by atoms with Gasteiger partial charge in [0, 0.05) is 37.8 Å². The average molecular weight is 564 g/mol. The van der Waals surface area contributed by atoms with E-state index in [1.165, 1.54) is 5.56 Å². The molecule has 1 atom stereocenters. The van der Waals surface area contributed by atoms with Gasteiger partial charge in [0.25, 0.3) is 0 Å². The first-order chi connectivity index (χ1) is 15.2. The van der Waals surface area contributed by atoms with E-state index in [4.69, 9.17) is 9.72 Å². The number of fused-ring (bicyclic) bond motifs is 1. The Bertz CT molecular complexity index is 1070. The van der Waals surface area contributed by atoms with Gasteiger partial charge in [-0.2, -0.15) is 0 Å². The third-order valence-corrected chi connectivity index (χ3v) is 7.27. The van der Waals surface area contributed by atoms with Crippen molar-refractivity contribution in [3.8, 4) is 17.1 Å². The first-order valence-electron chi connectivity index (χ1n) is 11.3. The van der Waals surface area contributed by atoms with E-state index in [-0.39, 0.29) is 5.41 Å². The number of rotatable bonds is 6. The fourth-order valence-corrected chi connectivity index (χ4v) is 5.52. The number of ether oxygens (including phenoxy) is 1. The highest BCUT2D eigenvalue weighted by molar-refractivity contribution is 9.11. The summed E-state index contributed by atoms with van der Waals surface area (Å²) in [6.07, 6.45) is 1.00. The highest BCUT2D eigenvalue weighted by Crippen LogP contribution is 2.38. The summed E-state index contributed by atoms with van der Waals surface area (Å²) in [5, 5.41) is 3.44. The Morgan fingerprint density at radius 1 is 1.16 bits per heavy atom. The summed E-state index contributed by atoms with van der Waals surface area (Å²) in [6, 6.07) is 11.2. The molecule has 32 heavy (non-hydrogen) atoms. The van der Waals surface area contributed by atoms with Gasteiger partial charge < -0.3 is 15.0 Å². The van der Waals surface area contributed by atoms with Crippen LogP contribution in [0.5, 0.6) is 5.75 Å². The number of aromatic nitrogens is 2. The van der Waals surface area contributed by atoms with E-state index in [1.54, 1.807) is 0 Å². The lowest BCUT2D eigenvalue weighted by atomic mass is 9.87. The molecule has 7 heteroatoms. The summed E-state index contributed by atoms with van der Waals surface area (Å²) >= 11 is 7.40. The molecule has 5 nitrogen and oxygen atoms in total. The maximum atomic E-state index is 6.13. The van der Waals surface area contributed by atoms with Gasteiger partial charge in [-0.1, -0.05) is 26.8 Å². The predicted octanol–water partition coefficient (Wildman–Crippen LogP) is 6.12. The van der Waals surface area contributed by atoms with Crippen LogP contribution in [0.1, 0.15) is 39.7 Å². The van der Waals surface area contributed by atoms with Crippen molar-refractivity contribution in [2.45, 2.75) is 45.6 Å². The van der Waals surface area contributed by atoms with Crippen molar-refractivity contribution in [2.24, 2.45) is 0 Å². The number of piperazine rings is 1. The minimum absolute atomic E-state index is 0.0985. The summed E-state index contributed by atoms with van der Waals surface area (Å²) in [7, 11) is 0. The molecule has 0 aliphatic carbocycles. The van der Waals surface area contributed by atoms with Crippen LogP contribution in [0.2, 0.25) is 0 Å². The minimum atomic E-state index is 0.0985. The number of halogens is 2. The second kappa shape index (κ2) is 9.84. The van der Waals surface area contributed by atoms with Crippen LogP contribution in [-0.4, -0.2) is 53.7 Å². The van der Waals surface area contributed by atoms with E-state index in [2.05, 4.69) is 105 Å². The Morgan fingerprint density at radius 2 is 1.91 bits per heavy atom. The van der Waals surface area contributed by atoms with E-state index in [0.29, 0.717) is 12.6 Å². The van der Waals surface area contributed by atoms with Crippen LogP contribution in [0.25, 0.3) is 22.4 Å². The molecule has 1 saturated heterocycles. The Kier molecular flexibility index (Phi) is 7.30. The van der Waals surface area contributed by atoms with Crippen molar-refractivity contribution in [3.63, 3.8) is 0 Å². The summed E-state index contributed by atoms with van der Waals surface area (Å²) < 4.78 is 7.98. The normalized spacial score (nSPS) is 17.8. The van der Waals surface area contributed by atoms with Gasteiger partial charge in [-0.15, -0.1) is 0 Å². The van der Waals surface area contributed by atoms with Gasteiger partial charge in [-0.25, -0.2) is 4.98 Å². The molecule has 2 N–H and O–H groups in total. The molecular weight excluding hydrogens is 532 g/mol. The molecule has 1 aliphatic rings. The van der Waals surface area contributed by atoms with Crippen LogP contribution in [0.4, 0.5) is 0 Å². The highest BCUT2D eigenvalue weighted by Gasteiger charge is 2.18. The maximum absolute atomic E-state index is 6.13. The smallest absolute Gasteiger partial charge is 0.147 e. The van der Waals surface area contributed by atoms with E-state index >= 15 is 0 Å². The van der Waals surface area contributed by atoms with Crippen LogP contribution in [-0.2, 0) is 5.41 Å². The van der Waals surface area contributed by atoms with Gasteiger partial charge in [-0.3, -0.25) is 4.90 Å². The zero-order valence-corrected chi connectivity index (χ0v) is 22.4. The van der Waals surface area contributed by atoms with Gasteiger partial charge in [-0.05, 0) is 80.4 Å². The van der Waals surface area contributed by atoms with Crippen LogP contribution in [0.3, 0.4) is 0 Å². The fourth-order valence-electron chi connectivity index (χ4n) is 4.10. The van der Waals surface area contributed by atoms with Crippen molar-refractivity contribution >= 4 is 42.9 Å². The maximum Gasteiger partial charge on any atom is 0.147 e. The summed E-state index contributed by atoms with van der Waals surface area (Å²) in [5.41, 5.74) is 4.43. The number of nitrogens with zero attached hydrogens (tertiary/aromatic N) is 2. The molecule has 0 bridgehead atoms. The van der Waals surface area contributed by atoms with Gasteiger partial charge in [0.2, 0.25) is 0 Å². The van der Waals surface area contributed by atoms with Crippen molar-refractivity contribution in [1.29, 1.82) is 0 Å². The first kappa shape index (κ1) is 23.7. The lowest BCUT2D eigenvalue weighted by Crippen LogP contribution is -2.50. The van der Waals surface area contributed by atoms with Gasteiger partial charge in [0.05, 0.1) is 26.6 Å². The van der Waals surface area contributed by atoms with Crippen LogP contribution in [0.15, 0.2) is 39.3 Å². The molecule has 2 heterocycles. The molecule has 0 amide bonds. The lowest BCUT2D eigenvalue weighted by molar-refractivity contribution is 0.160. The summed E-state index contributed by atoms with van der Waals surface area (Å²) in [5.74, 6) is 1.69.